The van der Waals surface area contributed by atoms with E-state index in [1.54, 1.807) is 12.1 Å². The first-order chi connectivity index (χ1) is 14.1. The van der Waals surface area contributed by atoms with Gasteiger partial charge in [0.2, 0.25) is 0 Å². The monoisotopic (exact) mass is 557 g/mol. The number of aryl methyl sites for hydroxylation is 1. The van der Waals surface area contributed by atoms with Crippen molar-refractivity contribution in [2.45, 2.75) is 45.5 Å². The van der Waals surface area contributed by atoms with Crippen molar-refractivity contribution in [1.82, 2.24) is 0 Å². The van der Waals surface area contributed by atoms with E-state index in [0.717, 1.165) is 23.1 Å². The molecule has 0 N–H and O–H groups in total. The molecule has 0 saturated carbocycles. The van der Waals surface area contributed by atoms with Crippen LogP contribution < -0.4 is 0 Å². The van der Waals surface area contributed by atoms with Crippen molar-refractivity contribution in [3.8, 4) is 11.1 Å². The number of fused-ring (bicyclic) bond motifs is 1. The Kier molecular flexibility index (Phi) is 8.10. The first kappa shape index (κ1) is 26.3. The summed E-state index contributed by atoms with van der Waals surface area (Å²) < 4.78 is 80.0. The molecule has 0 aliphatic carbocycles. The number of hydrogen-bond acceptors (Lipinski definition) is 0. The molecule has 0 aromatic heterocycles. The Morgan fingerprint density at radius 3 is 1.71 bits per heavy atom. The van der Waals surface area contributed by atoms with Crippen molar-refractivity contribution in [3.63, 3.8) is 0 Å². The molecule has 168 valence electrons. The van der Waals surface area contributed by atoms with Gasteiger partial charge in [-0.3, -0.25) is 0 Å². The van der Waals surface area contributed by atoms with Gasteiger partial charge in [-0.25, -0.2) is 0 Å². The van der Waals surface area contributed by atoms with Gasteiger partial charge in [-0.15, -0.1) is 34.5 Å². The molecule has 3 aromatic rings. The molecule has 0 amide bonds. The fourth-order valence-corrected chi connectivity index (χ4v) is 3.47. The maximum atomic E-state index is 13.3. The molecule has 0 heterocycles. The van der Waals surface area contributed by atoms with Gasteiger partial charge in [0.15, 0.2) is 0 Å². The molecule has 31 heavy (non-hydrogen) atoms. The summed E-state index contributed by atoms with van der Waals surface area (Å²) in [5.41, 5.74) is -1.17. The molecular formula is C22H19Cl2F6Zr-. The van der Waals surface area contributed by atoms with Gasteiger partial charge in [0.05, 0.1) is 11.1 Å². The van der Waals surface area contributed by atoms with E-state index in [-0.39, 0.29) is 11.6 Å². The van der Waals surface area contributed by atoms with Crippen molar-refractivity contribution in [2.24, 2.45) is 0 Å². The third-order valence-electron chi connectivity index (χ3n) is 4.72. The molecule has 3 aromatic carbocycles. The van der Waals surface area contributed by atoms with Gasteiger partial charge in [0.25, 0.3) is 0 Å². The molecule has 0 unspecified atom stereocenters. The van der Waals surface area contributed by atoms with Crippen LogP contribution >= 0.6 is 17.0 Å². The zero-order valence-electron chi connectivity index (χ0n) is 17.1. The van der Waals surface area contributed by atoms with Crippen molar-refractivity contribution in [3.05, 3.63) is 64.7 Å². The molecule has 0 fully saturated rings. The van der Waals surface area contributed by atoms with Crippen LogP contribution in [0.1, 0.15) is 43.0 Å². The van der Waals surface area contributed by atoms with Gasteiger partial charge in [-0.1, -0.05) is 38.8 Å². The molecule has 9 heteroatoms. The Balaban J connectivity index is 0.00000107. The fourth-order valence-electron chi connectivity index (χ4n) is 3.47. The van der Waals surface area contributed by atoms with Gasteiger partial charge in [0.1, 0.15) is 0 Å². The summed E-state index contributed by atoms with van der Waals surface area (Å²) >= 11 is -0.826. The molecule has 0 aliphatic heterocycles. The molecule has 0 aliphatic rings. The van der Waals surface area contributed by atoms with Crippen LogP contribution in [0.5, 0.6) is 0 Å². The van der Waals surface area contributed by atoms with E-state index >= 15 is 0 Å². The summed E-state index contributed by atoms with van der Waals surface area (Å²) in [6.07, 6.45) is -9.76. The van der Waals surface area contributed by atoms with Crippen LogP contribution in [-0.2, 0) is 38.6 Å². The standard InChI is InChI=1S/C22H19F6.2ClH.Zr/c1-12-7-13-5-6-18(20(2,3)4)19(17(13)8-12)14-9-15(21(23,24)25)11-16(10-14)22(26,27)28;;;/h5-11H,1-4H3;2*1H;/q-1;;;+2/p-2. The first-order valence-corrected chi connectivity index (χ1v) is 15.4. The van der Waals surface area contributed by atoms with E-state index in [4.69, 9.17) is 17.0 Å². The Morgan fingerprint density at radius 1 is 0.806 bits per heavy atom. The Labute approximate surface area is 195 Å². The molecule has 3 rings (SSSR count). The predicted molar refractivity (Wildman–Crippen MR) is 110 cm³/mol. The van der Waals surface area contributed by atoms with Crippen LogP contribution in [0.25, 0.3) is 21.9 Å². The summed E-state index contributed by atoms with van der Waals surface area (Å²) in [5.74, 6) is 0. The van der Waals surface area contributed by atoms with Gasteiger partial charge >= 0.3 is 50.2 Å². The van der Waals surface area contributed by atoms with Crippen LogP contribution in [-0.4, -0.2) is 0 Å². The van der Waals surface area contributed by atoms with Gasteiger partial charge < -0.3 is 0 Å². The molecule has 0 spiro atoms. The predicted octanol–water partition coefficient (Wildman–Crippen LogP) is 9.25. The van der Waals surface area contributed by atoms with E-state index in [1.165, 1.54) is 0 Å². The van der Waals surface area contributed by atoms with E-state index in [9.17, 15) is 26.3 Å². The van der Waals surface area contributed by atoms with Crippen LogP contribution in [0.15, 0.2) is 42.5 Å². The molecule has 0 bridgehead atoms. The van der Waals surface area contributed by atoms with Crippen LogP contribution in [0.2, 0.25) is 0 Å². The maximum absolute atomic E-state index is 13.3. The number of alkyl halides is 6. The first-order valence-electron chi connectivity index (χ1n) is 9.06. The fraction of sp³-hybridized carbons (Fsp3) is 0.318. The minimum absolute atomic E-state index is 0.0803. The zero-order chi connectivity index (χ0) is 23.8. The number of hydrogen-bond donors (Lipinski definition) is 0. The molecule has 0 nitrogen and oxygen atoms in total. The van der Waals surface area contributed by atoms with E-state index in [0.29, 0.717) is 16.5 Å². The van der Waals surface area contributed by atoms with Crippen LogP contribution in [0.4, 0.5) is 26.3 Å². The van der Waals surface area contributed by atoms with Crippen LogP contribution in [0, 0.1) is 6.92 Å². The second kappa shape index (κ2) is 9.53. The SMILES string of the molecule is Cc1cc2c(-c3cc(C(F)(F)F)cc(C(F)(F)F)c3)c(C(C)(C)C)ccc2[cH-]1.[Cl][Zr][Cl]. The average Bonchev–Trinajstić information content (AvgIpc) is 2.99. The normalized spacial score (nSPS) is 12.5. The molecule has 0 saturated heterocycles. The summed E-state index contributed by atoms with van der Waals surface area (Å²) in [6.45, 7) is 7.48. The third-order valence-corrected chi connectivity index (χ3v) is 4.72. The van der Waals surface area contributed by atoms with E-state index < -0.39 is 49.7 Å². The second-order valence-electron chi connectivity index (χ2n) is 8.14. The summed E-state index contributed by atoms with van der Waals surface area (Å²) in [7, 11) is 9.87. The Hall–Kier alpha value is -0.907. The summed E-state index contributed by atoms with van der Waals surface area (Å²) in [4.78, 5) is 0. The summed E-state index contributed by atoms with van der Waals surface area (Å²) in [6, 6.07) is 9.08. The number of rotatable bonds is 1. The number of halogens is 8. The second-order valence-corrected chi connectivity index (χ2v) is 11.9. The van der Waals surface area contributed by atoms with Gasteiger partial charge in [-0.05, 0) is 29.2 Å². The molecule has 0 atom stereocenters. The van der Waals surface area contributed by atoms with E-state index in [2.05, 4.69) is 0 Å². The van der Waals surface area contributed by atoms with Crippen molar-refractivity contribution >= 4 is 27.8 Å². The van der Waals surface area contributed by atoms with Gasteiger partial charge in [-0.2, -0.15) is 32.4 Å². The topological polar surface area (TPSA) is 0 Å². The average molecular weight is 560 g/mol. The molecule has 0 radical (unpaired) electrons. The van der Waals surface area contributed by atoms with Crippen molar-refractivity contribution < 1.29 is 47.2 Å². The minimum atomic E-state index is -4.88. The number of benzene rings is 2. The van der Waals surface area contributed by atoms with E-state index in [1.807, 2.05) is 39.8 Å². The summed E-state index contributed by atoms with van der Waals surface area (Å²) in [5, 5.41) is 1.43. The van der Waals surface area contributed by atoms with Crippen LogP contribution in [0.3, 0.4) is 0 Å². The van der Waals surface area contributed by atoms with Gasteiger partial charge in [0, 0.05) is 0 Å². The Bertz CT molecular complexity index is 1030. The van der Waals surface area contributed by atoms with Crippen molar-refractivity contribution in [2.75, 3.05) is 0 Å². The van der Waals surface area contributed by atoms with Crippen molar-refractivity contribution in [1.29, 1.82) is 0 Å². The molecular weight excluding hydrogens is 540 g/mol. The zero-order valence-corrected chi connectivity index (χ0v) is 21.0. The Morgan fingerprint density at radius 2 is 1.29 bits per heavy atom. The quantitative estimate of drug-likeness (QED) is 0.206. The third kappa shape index (κ3) is 6.33.